The van der Waals surface area contributed by atoms with E-state index in [1.54, 1.807) is 6.07 Å². The largest absolute Gasteiger partial charge is 0.491 e. The van der Waals surface area contributed by atoms with Crippen molar-refractivity contribution in [3.05, 3.63) is 64.7 Å². The van der Waals surface area contributed by atoms with Gasteiger partial charge in [-0.15, -0.1) is 0 Å². The summed E-state index contributed by atoms with van der Waals surface area (Å²) in [4.78, 5) is 16.7. The van der Waals surface area contributed by atoms with E-state index < -0.39 is 0 Å². The number of nitrogens with one attached hydrogen (secondary N) is 1. The fourth-order valence-electron chi connectivity index (χ4n) is 3.33. The second-order valence-electron chi connectivity index (χ2n) is 7.45. The molecule has 30 heavy (non-hydrogen) atoms. The molecule has 1 fully saturated rings. The van der Waals surface area contributed by atoms with Crippen LogP contribution in [-0.2, 0) is 22.6 Å². The van der Waals surface area contributed by atoms with E-state index in [0.29, 0.717) is 37.0 Å². The lowest BCUT2D eigenvalue weighted by molar-refractivity contribution is -0.122. The Bertz CT molecular complexity index is 812. The smallest absolute Gasteiger partial charge is 0.234 e. The van der Waals surface area contributed by atoms with E-state index in [2.05, 4.69) is 22.3 Å². The molecule has 6 nitrogen and oxygen atoms in total. The highest BCUT2D eigenvalue weighted by Crippen LogP contribution is 2.22. The van der Waals surface area contributed by atoms with Gasteiger partial charge in [0.05, 0.1) is 24.8 Å². The Balaban J connectivity index is 1.40. The SMILES string of the molecule is CN(CCOc1ccccc1Cl)CC(=O)NCc1ccccc1CN1CCOCC1. The summed E-state index contributed by atoms with van der Waals surface area (Å²) in [7, 11) is 1.90. The Morgan fingerprint density at radius 1 is 1.13 bits per heavy atom. The standard InChI is InChI=1S/C23H30ClN3O3/c1-26(10-15-30-22-9-5-4-8-21(22)24)18-23(28)25-16-19-6-2-3-7-20(19)17-27-11-13-29-14-12-27/h2-9H,10-18H2,1H3,(H,25,28). The molecule has 7 heteroatoms. The zero-order chi connectivity index (χ0) is 21.2. The third-order valence-corrected chi connectivity index (χ3v) is 5.39. The maximum Gasteiger partial charge on any atom is 0.234 e. The van der Waals surface area contributed by atoms with Crippen LogP contribution in [0.1, 0.15) is 11.1 Å². The third-order valence-electron chi connectivity index (χ3n) is 5.07. The lowest BCUT2D eigenvalue weighted by Crippen LogP contribution is -2.37. The molecule has 0 aromatic heterocycles. The van der Waals surface area contributed by atoms with Gasteiger partial charge in [-0.25, -0.2) is 0 Å². The number of likely N-dealkylation sites (N-methyl/N-ethyl adjacent to an activating group) is 1. The second-order valence-corrected chi connectivity index (χ2v) is 7.86. The van der Waals surface area contributed by atoms with E-state index in [1.165, 1.54) is 5.56 Å². The molecule has 1 saturated heterocycles. The van der Waals surface area contributed by atoms with Crippen LogP contribution in [0, 0.1) is 0 Å². The highest BCUT2D eigenvalue weighted by molar-refractivity contribution is 6.32. The number of carbonyl (C=O) groups is 1. The van der Waals surface area contributed by atoms with Crippen LogP contribution < -0.4 is 10.1 Å². The number of carbonyl (C=O) groups excluding carboxylic acids is 1. The quantitative estimate of drug-likeness (QED) is 0.627. The van der Waals surface area contributed by atoms with Crippen molar-refractivity contribution in [3.8, 4) is 5.75 Å². The summed E-state index contributed by atoms with van der Waals surface area (Å²) in [6, 6.07) is 15.7. The Hall–Kier alpha value is -2.12. The van der Waals surface area contributed by atoms with Gasteiger partial charge in [0.15, 0.2) is 0 Å². The van der Waals surface area contributed by atoms with Crippen LogP contribution in [0.5, 0.6) is 5.75 Å². The molecule has 0 atom stereocenters. The number of halogens is 1. The van der Waals surface area contributed by atoms with E-state index in [1.807, 2.05) is 42.3 Å². The van der Waals surface area contributed by atoms with E-state index in [4.69, 9.17) is 21.1 Å². The summed E-state index contributed by atoms with van der Waals surface area (Å²) < 4.78 is 11.1. The molecule has 162 valence electrons. The molecule has 0 saturated carbocycles. The zero-order valence-corrected chi connectivity index (χ0v) is 18.2. The van der Waals surface area contributed by atoms with Crippen molar-refractivity contribution in [2.45, 2.75) is 13.1 Å². The molecule has 3 rings (SSSR count). The molecular weight excluding hydrogens is 402 g/mol. The fraction of sp³-hybridized carbons (Fsp3) is 0.435. The lowest BCUT2D eigenvalue weighted by Gasteiger charge is -2.27. The first kappa shape index (κ1) is 22.6. The molecule has 0 bridgehead atoms. The molecule has 2 aromatic rings. The predicted molar refractivity (Wildman–Crippen MR) is 119 cm³/mol. The summed E-state index contributed by atoms with van der Waals surface area (Å²) in [6.45, 7) is 6.29. The van der Waals surface area contributed by atoms with Gasteiger partial charge in [-0.1, -0.05) is 48.0 Å². The van der Waals surface area contributed by atoms with Crippen molar-refractivity contribution in [3.63, 3.8) is 0 Å². The Morgan fingerprint density at radius 2 is 1.83 bits per heavy atom. The van der Waals surface area contributed by atoms with Gasteiger partial charge >= 0.3 is 0 Å². The van der Waals surface area contributed by atoms with Crippen LogP contribution in [0.15, 0.2) is 48.5 Å². The summed E-state index contributed by atoms with van der Waals surface area (Å²) >= 11 is 6.09. The Morgan fingerprint density at radius 3 is 2.60 bits per heavy atom. The molecule has 2 aromatic carbocycles. The predicted octanol–water partition coefficient (Wildman–Crippen LogP) is 2.80. The van der Waals surface area contributed by atoms with Crippen molar-refractivity contribution in [2.75, 3.05) is 53.0 Å². The molecule has 1 amide bonds. The minimum absolute atomic E-state index is 0.00332. The summed E-state index contributed by atoms with van der Waals surface area (Å²) in [5.74, 6) is 0.658. The molecule has 0 unspecified atom stereocenters. The highest BCUT2D eigenvalue weighted by Gasteiger charge is 2.13. The van der Waals surface area contributed by atoms with Crippen LogP contribution in [0.2, 0.25) is 5.02 Å². The number of hydrogen-bond acceptors (Lipinski definition) is 5. The number of para-hydroxylation sites is 1. The van der Waals surface area contributed by atoms with Crippen molar-refractivity contribution in [2.24, 2.45) is 0 Å². The molecule has 0 spiro atoms. The van der Waals surface area contributed by atoms with Gasteiger partial charge < -0.3 is 14.8 Å². The molecule has 1 aliphatic heterocycles. The third kappa shape index (κ3) is 7.29. The van der Waals surface area contributed by atoms with Crippen molar-refractivity contribution in [1.29, 1.82) is 0 Å². The molecule has 1 heterocycles. The topological polar surface area (TPSA) is 54.0 Å². The van der Waals surface area contributed by atoms with Crippen LogP contribution in [0.4, 0.5) is 0 Å². The number of ether oxygens (including phenoxy) is 2. The maximum atomic E-state index is 12.4. The zero-order valence-electron chi connectivity index (χ0n) is 17.5. The Labute approximate surface area is 183 Å². The minimum atomic E-state index is -0.00332. The van der Waals surface area contributed by atoms with Crippen LogP contribution >= 0.6 is 11.6 Å². The van der Waals surface area contributed by atoms with Crippen LogP contribution in [-0.4, -0.2) is 68.8 Å². The van der Waals surface area contributed by atoms with Gasteiger partial charge in [0, 0.05) is 32.7 Å². The highest BCUT2D eigenvalue weighted by atomic mass is 35.5. The van der Waals surface area contributed by atoms with Gasteiger partial charge in [-0.05, 0) is 30.3 Å². The molecule has 1 aliphatic rings. The Kier molecular flexibility index (Phi) is 8.96. The summed E-state index contributed by atoms with van der Waals surface area (Å²) in [5, 5.41) is 3.63. The number of morpholine rings is 1. The molecule has 0 aliphatic carbocycles. The average Bonchev–Trinajstić information content (AvgIpc) is 2.75. The first-order valence-corrected chi connectivity index (χ1v) is 10.7. The van der Waals surface area contributed by atoms with Crippen LogP contribution in [0.25, 0.3) is 0 Å². The fourth-order valence-corrected chi connectivity index (χ4v) is 3.52. The van der Waals surface area contributed by atoms with E-state index >= 15 is 0 Å². The molecular formula is C23H30ClN3O3. The van der Waals surface area contributed by atoms with Crippen molar-refractivity contribution >= 4 is 17.5 Å². The maximum absolute atomic E-state index is 12.4. The van der Waals surface area contributed by atoms with Gasteiger partial charge in [0.2, 0.25) is 5.91 Å². The number of rotatable bonds is 10. The minimum Gasteiger partial charge on any atom is -0.491 e. The first-order valence-electron chi connectivity index (χ1n) is 10.3. The first-order chi connectivity index (χ1) is 14.6. The number of amides is 1. The van der Waals surface area contributed by atoms with E-state index in [0.717, 1.165) is 38.4 Å². The lowest BCUT2D eigenvalue weighted by atomic mass is 10.1. The summed E-state index contributed by atoms with van der Waals surface area (Å²) in [6.07, 6.45) is 0. The number of nitrogens with zero attached hydrogens (tertiary/aromatic N) is 2. The monoisotopic (exact) mass is 431 g/mol. The van der Waals surface area contributed by atoms with Gasteiger partial charge in [0.1, 0.15) is 12.4 Å². The molecule has 1 N–H and O–H groups in total. The van der Waals surface area contributed by atoms with Crippen molar-refractivity contribution < 1.29 is 14.3 Å². The normalized spacial score (nSPS) is 14.6. The van der Waals surface area contributed by atoms with E-state index in [-0.39, 0.29) is 5.91 Å². The second kappa shape index (κ2) is 11.9. The number of hydrogen-bond donors (Lipinski definition) is 1. The van der Waals surface area contributed by atoms with Gasteiger partial charge in [-0.2, -0.15) is 0 Å². The summed E-state index contributed by atoms with van der Waals surface area (Å²) in [5.41, 5.74) is 2.41. The van der Waals surface area contributed by atoms with Crippen molar-refractivity contribution in [1.82, 2.24) is 15.1 Å². The average molecular weight is 432 g/mol. The van der Waals surface area contributed by atoms with Gasteiger partial charge in [-0.3, -0.25) is 14.6 Å². The van der Waals surface area contributed by atoms with Crippen LogP contribution in [0.3, 0.4) is 0 Å². The van der Waals surface area contributed by atoms with Gasteiger partial charge in [0.25, 0.3) is 0 Å². The van der Waals surface area contributed by atoms with E-state index in [9.17, 15) is 4.79 Å². The molecule has 0 radical (unpaired) electrons. The number of benzene rings is 2.